The van der Waals surface area contributed by atoms with E-state index in [4.69, 9.17) is 0 Å². The van der Waals surface area contributed by atoms with Gasteiger partial charge >= 0.3 is 0 Å². The molecule has 2 aromatic carbocycles. The summed E-state index contributed by atoms with van der Waals surface area (Å²) in [6, 6.07) is 11.8. The molecule has 0 heterocycles. The van der Waals surface area contributed by atoms with Crippen LogP contribution in [-0.4, -0.2) is 20.9 Å². The van der Waals surface area contributed by atoms with E-state index in [1.165, 1.54) is 30.3 Å². The van der Waals surface area contributed by atoms with Gasteiger partial charge in [-0.25, -0.2) is 13.1 Å². The summed E-state index contributed by atoms with van der Waals surface area (Å²) < 4.78 is 26.5. The summed E-state index contributed by atoms with van der Waals surface area (Å²) in [5, 5.41) is 2.96. The van der Waals surface area contributed by atoms with E-state index in [1.54, 1.807) is 0 Å². The van der Waals surface area contributed by atoms with Crippen molar-refractivity contribution in [1.29, 1.82) is 0 Å². The van der Waals surface area contributed by atoms with Crippen molar-refractivity contribution < 1.29 is 13.2 Å². The van der Waals surface area contributed by atoms with Gasteiger partial charge in [0.25, 0.3) is 5.91 Å². The monoisotopic (exact) mass is 372 g/mol. The second-order valence-electron chi connectivity index (χ2n) is 6.22. The fourth-order valence-electron chi connectivity index (χ4n) is 2.62. The van der Waals surface area contributed by atoms with Crippen LogP contribution in [0.2, 0.25) is 0 Å². The summed E-state index contributed by atoms with van der Waals surface area (Å²) in [6.45, 7) is 9.58. The Balaban J connectivity index is 2.13. The van der Waals surface area contributed by atoms with Crippen LogP contribution in [0.1, 0.15) is 40.0 Å². The number of carbonyl (C=O) groups is 1. The van der Waals surface area contributed by atoms with Gasteiger partial charge in [-0.15, -0.1) is 6.58 Å². The summed E-state index contributed by atoms with van der Waals surface area (Å²) in [6.07, 6.45) is 1.47. The highest BCUT2D eigenvalue weighted by molar-refractivity contribution is 7.89. The van der Waals surface area contributed by atoms with Crippen LogP contribution < -0.4 is 10.0 Å². The van der Waals surface area contributed by atoms with Crippen LogP contribution in [0.25, 0.3) is 0 Å². The molecule has 0 radical (unpaired) electrons. The molecular formula is C20H24N2O3S. The Morgan fingerprint density at radius 1 is 1.15 bits per heavy atom. The second-order valence-corrected chi connectivity index (χ2v) is 7.99. The molecule has 0 fully saturated rings. The lowest BCUT2D eigenvalue weighted by Crippen LogP contribution is -2.27. The fourth-order valence-corrected chi connectivity index (χ4v) is 3.62. The highest BCUT2D eigenvalue weighted by Gasteiger charge is 2.16. The van der Waals surface area contributed by atoms with Gasteiger partial charge in [-0.3, -0.25) is 4.79 Å². The summed E-state index contributed by atoms with van der Waals surface area (Å²) >= 11 is 0. The van der Waals surface area contributed by atoms with E-state index in [0.717, 1.165) is 16.7 Å². The van der Waals surface area contributed by atoms with Gasteiger partial charge < -0.3 is 5.32 Å². The third kappa shape index (κ3) is 4.80. The number of hydrogen-bond acceptors (Lipinski definition) is 3. The number of sulfonamides is 1. The van der Waals surface area contributed by atoms with E-state index in [1.807, 2.05) is 32.9 Å². The van der Waals surface area contributed by atoms with Crippen molar-refractivity contribution >= 4 is 15.9 Å². The standard InChI is InChI=1S/C20H24N2O3S/c1-5-12-21-26(24,25)18-10-8-17(9-11-18)20(23)22-16(4)19-13-14(2)6-7-15(19)3/h5-11,13,16,21H,1,12H2,2-4H3,(H,22,23). The van der Waals surface area contributed by atoms with E-state index in [-0.39, 0.29) is 23.4 Å². The molecule has 2 N–H and O–H groups in total. The van der Waals surface area contributed by atoms with Crippen LogP contribution >= 0.6 is 0 Å². The molecule has 1 unspecified atom stereocenters. The van der Waals surface area contributed by atoms with Crippen molar-refractivity contribution in [3.8, 4) is 0 Å². The second kappa shape index (κ2) is 8.29. The molecule has 0 aromatic heterocycles. The van der Waals surface area contributed by atoms with Crippen molar-refractivity contribution in [3.05, 3.63) is 77.4 Å². The third-order valence-corrected chi connectivity index (χ3v) is 5.53. The minimum Gasteiger partial charge on any atom is -0.346 e. The van der Waals surface area contributed by atoms with E-state index < -0.39 is 10.0 Å². The van der Waals surface area contributed by atoms with Gasteiger partial charge in [0.15, 0.2) is 0 Å². The van der Waals surface area contributed by atoms with E-state index in [2.05, 4.69) is 22.7 Å². The Kier molecular flexibility index (Phi) is 6.34. The SMILES string of the molecule is C=CCNS(=O)(=O)c1ccc(C(=O)NC(C)c2cc(C)ccc2C)cc1. The zero-order valence-electron chi connectivity index (χ0n) is 15.2. The van der Waals surface area contributed by atoms with Gasteiger partial charge in [0.2, 0.25) is 10.0 Å². The van der Waals surface area contributed by atoms with Crippen molar-refractivity contribution in [2.45, 2.75) is 31.7 Å². The molecule has 5 nitrogen and oxygen atoms in total. The normalized spacial score (nSPS) is 12.4. The maximum absolute atomic E-state index is 12.5. The molecule has 0 aliphatic carbocycles. The van der Waals surface area contributed by atoms with Crippen LogP contribution in [0, 0.1) is 13.8 Å². The van der Waals surface area contributed by atoms with Gasteiger partial charge in [0, 0.05) is 12.1 Å². The zero-order chi connectivity index (χ0) is 19.3. The Hall–Kier alpha value is -2.44. The lowest BCUT2D eigenvalue weighted by molar-refractivity contribution is 0.0939. The number of benzene rings is 2. The average Bonchev–Trinajstić information content (AvgIpc) is 2.62. The Labute approximate surface area is 155 Å². The summed E-state index contributed by atoms with van der Waals surface area (Å²) in [7, 11) is -3.59. The molecule has 138 valence electrons. The van der Waals surface area contributed by atoms with E-state index in [9.17, 15) is 13.2 Å². The Bertz CT molecular complexity index is 903. The molecule has 0 aliphatic heterocycles. The van der Waals surface area contributed by atoms with Crippen molar-refractivity contribution in [2.75, 3.05) is 6.54 Å². The molecule has 0 saturated carbocycles. The minimum absolute atomic E-state index is 0.110. The largest absolute Gasteiger partial charge is 0.346 e. The molecule has 1 atom stereocenters. The summed E-state index contributed by atoms with van der Waals surface area (Å²) in [5.74, 6) is -0.249. The van der Waals surface area contributed by atoms with Crippen LogP contribution in [0.3, 0.4) is 0 Å². The van der Waals surface area contributed by atoms with Crippen LogP contribution in [0.5, 0.6) is 0 Å². The molecule has 0 spiro atoms. The smallest absolute Gasteiger partial charge is 0.251 e. The van der Waals surface area contributed by atoms with Crippen LogP contribution in [0.15, 0.2) is 60.0 Å². The lowest BCUT2D eigenvalue weighted by atomic mass is 10.00. The predicted molar refractivity (Wildman–Crippen MR) is 104 cm³/mol. The van der Waals surface area contributed by atoms with Crippen molar-refractivity contribution in [3.63, 3.8) is 0 Å². The first-order valence-electron chi connectivity index (χ1n) is 8.33. The van der Waals surface area contributed by atoms with Gasteiger partial charge in [0.1, 0.15) is 0 Å². The molecule has 1 amide bonds. The fraction of sp³-hybridized carbons (Fsp3) is 0.250. The van der Waals surface area contributed by atoms with Gasteiger partial charge in [-0.1, -0.05) is 29.8 Å². The van der Waals surface area contributed by atoms with Crippen molar-refractivity contribution in [2.24, 2.45) is 0 Å². The third-order valence-electron chi connectivity index (χ3n) is 4.09. The topological polar surface area (TPSA) is 75.3 Å². The van der Waals surface area contributed by atoms with Crippen LogP contribution in [0.4, 0.5) is 0 Å². The maximum atomic E-state index is 12.5. The molecule has 0 aliphatic rings. The van der Waals surface area contributed by atoms with E-state index in [0.29, 0.717) is 5.56 Å². The lowest BCUT2D eigenvalue weighted by Gasteiger charge is -2.17. The molecule has 2 aromatic rings. The molecule has 6 heteroatoms. The van der Waals surface area contributed by atoms with Gasteiger partial charge in [-0.05, 0) is 56.2 Å². The number of carbonyl (C=O) groups excluding carboxylic acids is 1. The van der Waals surface area contributed by atoms with Gasteiger partial charge in [0.05, 0.1) is 10.9 Å². The minimum atomic E-state index is -3.59. The number of hydrogen-bond donors (Lipinski definition) is 2. The molecule has 0 bridgehead atoms. The molecule has 2 rings (SSSR count). The average molecular weight is 372 g/mol. The molecule has 26 heavy (non-hydrogen) atoms. The summed E-state index contributed by atoms with van der Waals surface area (Å²) in [4.78, 5) is 12.6. The first-order chi connectivity index (χ1) is 12.2. The number of nitrogens with one attached hydrogen (secondary N) is 2. The first-order valence-corrected chi connectivity index (χ1v) is 9.81. The summed E-state index contributed by atoms with van der Waals surface area (Å²) in [5.41, 5.74) is 3.71. The maximum Gasteiger partial charge on any atom is 0.251 e. The number of amides is 1. The van der Waals surface area contributed by atoms with Crippen LogP contribution in [-0.2, 0) is 10.0 Å². The molecular weight excluding hydrogens is 348 g/mol. The Morgan fingerprint density at radius 2 is 1.81 bits per heavy atom. The predicted octanol–water partition coefficient (Wildman–Crippen LogP) is 3.26. The van der Waals surface area contributed by atoms with E-state index >= 15 is 0 Å². The first kappa shape index (κ1) is 19.9. The highest BCUT2D eigenvalue weighted by Crippen LogP contribution is 2.19. The highest BCUT2D eigenvalue weighted by atomic mass is 32.2. The number of aryl methyl sites for hydroxylation is 2. The zero-order valence-corrected chi connectivity index (χ0v) is 16.1. The molecule has 0 saturated heterocycles. The number of rotatable bonds is 7. The Morgan fingerprint density at radius 3 is 2.42 bits per heavy atom. The quantitative estimate of drug-likeness (QED) is 0.733. The van der Waals surface area contributed by atoms with Gasteiger partial charge in [-0.2, -0.15) is 0 Å². The van der Waals surface area contributed by atoms with Crippen molar-refractivity contribution in [1.82, 2.24) is 10.0 Å².